The van der Waals surface area contributed by atoms with Crippen molar-refractivity contribution in [3.8, 4) is 0 Å². The maximum absolute atomic E-state index is 9.44. The molecule has 0 bridgehead atoms. The molecule has 0 aliphatic carbocycles. The van der Waals surface area contributed by atoms with Crippen molar-refractivity contribution < 1.29 is 10.2 Å². The Morgan fingerprint density at radius 1 is 1.50 bits per heavy atom. The van der Waals surface area contributed by atoms with Crippen LogP contribution in [0.4, 0.5) is 5.95 Å². The van der Waals surface area contributed by atoms with E-state index < -0.39 is 5.60 Å². The van der Waals surface area contributed by atoms with Crippen LogP contribution in [0.5, 0.6) is 0 Å². The van der Waals surface area contributed by atoms with Gasteiger partial charge < -0.3 is 15.5 Å². The van der Waals surface area contributed by atoms with Crippen LogP contribution in [0.3, 0.4) is 0 Å². The summed E-state index contributed by atoms with van der Waals surface area (Å²) in [7, 11) is 0. The number of aromatic nitrogens is 2. The first-order chi connectivity index (χ1) is 6.51. The maximum Gasteiger partial charge on any atom is 0.223 e. The standard InChI is InChI=1S/C9H15N3O2/c1-9(2,14)6-11-8-10-4-3-7(5-13)12-8/h3-4,13-14H,5-6H2,1-2H3,(H,10,11,12). The Hall–Kier alpha value is -1.20. The highest BCUT2D eigenvalue weighted by Crippen LogP contribution is 2.04. The second-order valence-corrected chi connectivity index (χ2v) is 3.70. The summed E-state index contributed by atoms with van der Waals surface area (Å²) in [5, 5.41) is 21.1. The van der Waals surface area contributed by atoms with Gasteiger partial charge in [0.25, 0.3) is 0 Å². The molecular weight excluding hydrogens is 182 g/mol. The van der Waals surface area contributed by atoms with Gasteiger partial charge in [0.2, 0.25) is 5.95 Å². The first-order valence-electron chi connectivity index (χ1n) is 4.40. The molecule has 78 valence electrons. The molecular formula is C9H15N3O2. The SMILES string of the molecule is CC(C)(O)CNc1nccc(CO)n1. The van der Waals surface area contributed by atoms with E-state index in [4.69, 9.17) is 5.11 Å². The van der Waals surface area contributed by atoms with Crippen molar-refractivity contribution in [2.75, 3.05) is 11.9 Å². The van der Waals surface area contributed by atoms with E-state index in [1.807, 2.05) is 0 Å². The Morgan fingerprint density at radius 3 is 2.79 bits per heavy atom. The molecule has 0 spiro atoms. The van der Waals surface area contributed by atoms with Gasteiger partial charge in [-0.3, -0.25) is 0 Å². The summed E-state index contributed by atoms with van der Waals surface area (Å²) < 4.78 is 0. The molecule has 0 atom stereocenters. The van der Waals surface area contributed by atoms with Gasteiger partial charge in [0.15, 0.2) is 0 Å². The van der Waals surface area contributed by atoms with Crippen LogP contribution >= 0.6 is 0 Å². The Kier molecular flexibility index (Phi) is 3.38. The van der Waals surface area contributed by atoms with Crippen molar-refractivity contribution in [2.24, 2.45) is 0 Å². The molecule has 0 amide bonds. The fraction of sp³-hybridized carbons (Fsp3) is 0.556. The minimum Gasteiger partial charge on any atom is -0.390 e. The third-order valence-corrected chi connectivity index (χ3v) is 1.55. The van der Waals surface area contributed by atoms with E-state index in [1.54, 1.807) is 26.1 Å². The Bertz CT molecular complexity index is 296. The molecule has 1 aromatic heterocycles. The van der Waals surface area contributed by atoms with Crippen LogP contribution in [0.25, 0.3) is 0 Å². The van der Waals surface area contributed by atoms with Crippen molar-refractivity contribution in [1.82, 2.24) is 9.97 Å². The van der Waals surface area contributed by atoms with E-state index >= 15 is 0 Å². The second-order valence-electron chi connectivity index (χ2n) is 3.70. The van der Waals surface area contributed by atoms with Crippen LogP contribution in [0.2, 0.25) is 0 Å². The summed E-state index contributed by atoms with van der Waals surface area (Å²) in [6.45, 7) is 3.63. The van der Waals surface area contributed by atoms with E-state index in [1.165, 1.54) is 0 Å². The number of hydrogen-bond donors (Lipinski definition) is 3. The van der Waals surface area contributed by atoms with Gasteiger partial charge in [-0.1, -0.05) is 0 Å². The monoisotopic (exact) mass is 197 g/mol. The van der Waals surface area contributed by atoms with Gasteiger partial charge in [-0.05, 0) is 19.9 Å². The van der Waals surface area contributed by atoms with E-state index in [0.29, 0.717) is 18.2 Å². The smallest absolute Gasteiger partial charge is 0.223 e. The van der Waals surface area contributed by atoms with E-state index in [-0.39, 0.29) is 6.61 Å². The van der Waals surface area contributed by atoms with Crippen LogP contribution in [-0.2, 0) is 6.61 Å². The Balaban J connectivity index is 2.59. The molecule has 0 aliphatic rings. The number of aliphatic hydroxyl groups is 2. The quantitative estimate of drug-likeness (QED) is 0.640. The van der Waals surface area contributed by atoms with Crippen LogP contribution < -0.4 is 5.32 Å². The zero-order valence-corrected chi connectivity index (χ0v) is 8.36. The molecule has 0 saturated carbocycles. The molecule has 0 radical (unpaired) electrons. The lowest BCUT2D eigenvalue weighted by Crippen LogP contribution is -2.30. The van der Waals surface area contributed by atoms with Crippen molar-refractivity contribution in [3.63, 3.8) is 0 Å². The lowest BCUT2D eigenvalue weighted by molar-refractivity contribution is 0.0943. The van der Waals surface area contributed by atoms with Gasteiger partial charge in [0, 0.05) is 12.7 Å². The number of anilines is 1. The Labute approximate surface area is 82.8 Å². The minimum atomic E-state index is -0.807. The average Bonchev–Trinajstić information content (AvgIpc) is 2.14. The van der Waals surface area contributed by atoms with Crippen molar-refractivity contribution >= 4 is 5.95 Å². The number of nitrogens with zero attached hydrogens (tertiary/aromatic N) is 2. The molecule has 0 aromatic carbocycles. The lowest BCUT2D eigenvalue weighted by Gasteiger charge is -2.17. The van der Waals surface area contributed by atoms with Crippen molar-refractivity contribution in [1.29, 1.82) is 0 Å². The Morgan fingerprint density at radius 2 is 2.21 bits per heavy atom. The topological polar surface area (TPSA) is 78.3 Å². The van der Waals surface area contributed by atoms with Crippen LogP contribution in [0.15, 0.2) is 12.3 Å². The molecule has 3 N–H and O–H groups in total. The highest BCUT2D eigenvalue weighted by molar-refractivity contribution is 5.25. The van der Waals surface area contributed by atoms with Crippen molar-refractivity contribution in [3.05, 3.63) is 18.0 Å². The normalized spacial score (nSPS) is 11.4. The molecule has 1 heterocycles. The molecule has 1 rings (SSSR count). The van der Waals surface area contributed by atoms with E-state index in [2.05, 4.69) is 15.3 Å². The lowest BCUT2D eigenvalue weighted by atomic mass is 10.1. The molecule has 0 aliphatic heterocycles. The fourth-order valence-corrected chi connectivity index (χ4v) is 0.865. The summed E-state index contributed by atoms with van der Waals surface area (Å²) in [6, 6.07) is 1.63. The van der Waals surface area contributed by atoms with Gasteiger partial charge in [-0.2, -0.15) is 0 Å². The zero-order chi connectivity index (χ0) is 10.6. The average molecular weight is 197 g/mol. The zero-order valence-electron chi connectivity index (χ0n) is 8.36. The van der Waals surface area contributed by atoms with Crippen LogP contribution in [0, 0.1) is 0 Å². The van der Waals surface area contributed by atoms with Gasteiger partial charge in [-0.15, -0.1) is 0 Å². The molecule has 1 aromatic rings. The number of hydrogen-bond acceptors (Lipinski definition) is 5. The van der Waals surface area contributed by atoms with Crippen LogP contribution in [-0.4, -0.2) is 32.3 Å². The first-order valence-corrected chi connectivity index (χ1v) is 4.40. The summed E-state index contributed by atoms with van der Waals surface area (Å²) in [5.41, 5.74) is -0.253. The highest BCUT2D eigenvalue weighted by atomic mass is 16.3. The number of rotatable bonds is 4. The predicted octanol–water partition coefficient (Wildman–Crippen LogP) is 0.152. The third kappa shape index (κ3) is 3.68. The molecule has 14 heavy (non-hydrogen) atoms. The molecule has 5 heteroatoms. The molecule has 0 saturated heterocycles. The molecule has 0 fully saturated rings. The summed E-state index contributed by atoms with van der Waals surface area (Å²) in [4.78, 5) is 7.96. The summed E-state index contributed by atoms with van der Waals surface area (Å²) in [6.07, 6.45) is 1.56. The first kappa shape index (κ1) is 10.9. The number of aliphatic hydroxyl groups excluding tert-OH is 1. The molecule has 0 unspecified atom stereocenters. The van der Waals surface area contributed by atoms with Gasteiger partial charge in [0.05, 0.1) is 17.9 Å². The van der Waals surface area contributed by atoms with Crippen molar-refractivity contribution in [2.45, 2.75) is 26.1 Å². The highest BCUT2D eigenvalue weighted by Gasteiger charge is 2.12. The molecule has 5 nitrogen and oxygen atoms in total. The number of nitrogens with one attached hydrogen (secondary N) is 1. The van der Waals surface area contributed by atoms with E-state index in [0.717, 1.165) is 0 Å². The summed E-state index contributed by atoms with van der Waals surface area (Å²) in [5.74, 6) is 0.415. The third-order valence-electron chi connectivity index (χ3n) is 1.55. The van der Waals surface area contributed by atoms with Gasteiger partial charge in [0.1, 0.15) is 0 Å². The predicted molar refractivity (Wildman–Crippen MR) is 52.7 cm³/mol. The van der Waals surface area contributed by atoms with Gasteiger partial charge >= 0.3 is 0 Å². The largest absolute Gasteiger partial charge is 0.390 e. The van der Waals surface area contributed by atoms with Crippen LogP contribution in [0.1, 0.15) is 19.5 Å². The fourth-order valence-electron chi connectivity index (χ4n) is 0.865. The second kappa shape index (κ2) is 4.34. The van der Waals surface area contributed by atoms with Gasteiger partial charge in [-0.25, -0.2) is 9.97 Å². The maximum atomic E-state index is 9.44. The summed E-state index contributed by atoms with van der Waals surface area (Å²) >= 11 is 0. The van der Waals surface area contributed by atoms with E-state index in [9.17, 15) is 5.11 Å². The minimum absolute atomic E-state index is 0.111.